The Bertz CT molecular complexity index is 793. The zero-order chi connectivity index (χ0) is 20.4. The number of ether oxygens (including phenoxy) is 2. The zero-order valence-corrected chi connectivity index (χ0v) is 18.0. The molecule has 0 bridgehead atoms. The molecule has 160 valence electrons. The van der Waals surface area contributed by atoms with Gasteiger partial charge < -0.3 is 19.7 Å². The highest BCUT2D eigenvalue weighted by molar-refractivity contribution is 5.62. The quantitative estimate of drug-likeness (QED) is 0.767. The van der Waals surface area contributed by atoms with Crippen LogP contribution in [-0.4, -0.2) is 59.7 Å². The number of methoxy groups -OCH3 is 1. The highest BCUT2D eigenvalue weighted by Crippen LogP contribution is 2.64. The third-order valence-corrected chi connectivity index (χ3v) is 8.46. The summed E-state index contributed by atoms with van der Waals surface area (Å²) in [6, 6.07) is 4.19. The van der Waals surface area contributed by atoms with Crippen LogP contribution in [0.4, 0.5) is 0 Å². The molecule has 29 heavy (non-hydrogen) atoms. The number of aliphatic hydroxyl groups excluding tert-OH is 1. The molecule has 2 N–H and O–H groups in total. The lowest BCUT2D eigenvalue weighted by Gasteiger charge is -2.60. The number of likely N-dealkylation sites (N-methyl/N-ethyl adjacent to an activating group) is 1. The number of hydrogen-bond donors (Lipinski definition) is 2. The maximum Gasteiger partial charge on any atom is 0.166 e. The van der Waals surface area contributed by atoms with Crippen LogP contribution in [0.1, 0.15) is 63.0 Å². The maximum absolute atomic E-state index is 12.5. The molecule has 0 amide bonds. The second kappa shape index (κ2) is 6.86. The lowest BCUT2D eigenvalue weighted by atomic mass is 9.50. The Kier molecular flexibility index (Phi) is 4.65. The molecule has 1 heterocycles. The predicted octanol–water partition coefficient (Wildman–Crippen LogP) is 3.04. The number of rotatable bonds is 6. The summed E-state index contributed by atoms with van der Waals surface area (Å²) in [4.78, 5) is 2.42. The average Bonchev–Trinajstić information content (AvgIpc) is 3.03. The molecule has 5 rings (SSSR count). The molecule has 4 aliphatic rings. The van der Waals surface area contributed by atoms with Crippen LogP contribution in [0.5, 0.6) is 11.5 Å². The van der Waals surface area contributed by atoms with Gasteiger partial charge in [0.15, 0.2) is 11.5 Å². The third kappa shape index (κ3) is 2.50. The molecule has 0 radical (unpaired) electrons. The fraction of sp³-hybridized carbons (Fsp3) is 0.750. The van der Waals surface area contributed by atoms with Gasteiger partial charge in [-0.15, -0.1) is 0 Å². The minimum Gasteiger partial charge on any atom is -0.493 e. The van der Waals surface area contributed by atoms with E-state index in [0.29, 0.717) is 18.6 Å². The normalized spacial score (nSPS) is 37.8. The van der Waals surface area contributed by atoms with E-state index in [0.717, 1.165) is 43.0 Å². The van der Waals surface area contributed by atoms with Crippen molar-refractivity contribution in [3.63, 3.8) is 0 Å². The largest absolute Gasteiger partial charge is 0.493 e. The molecule has 1 aliphatic heterocycles. The van der Waals surface area contributed by atoms with Gasteiger partial charge in [-0.25, -0.2) is 0 Å². The first kappa shape index (κ1) is 19.7. The summed E-state index contributed by atoms with van der Waals surface area (Å²) in [6.45, 7) is 3.21. The van der Waals surface area contributed by atoms with Crippen LogP contribution < -0.4 is 9.47 Å². The highest BCUT2D eigenvalue weighted by atomic mass is 16.5. The SMILES string of the molecule is CCC[C@@]12c3c4ccc(OC)c3OC1[C@H](O)CCC2(O)C(N(C)CC1CCC1)C4. The average molecular weight is 402 g/mol. The van der Waals surface area contributed by atoms with Crippen molar-refractivity contribution in [2.75, 3.05) is 20.7 Å². The van der Waals surface area contributed by atoms with Gasteiger partial charge in [0.1, 0.15) is 6.10 Å². The van der Waals surface area contributed by atoms with E-state index in [1.807, 2.05) is 6.07 Å². The maximum atomic E-state index is 12.5. The molecule has 3 unspecified atom stereocenters. The minimum absolute atomic E-state index is 0.0418. The third-order valence-electron chi connectivity index (χ3n) is 8.46. The topological polar surface area (TPSA) is 62.2 Å². The number of benzene rings is 1. The van der Waals surface area contributed by atoms with Gasteiger partial charge in [0.2, 0.25) is 0 Å². The first-order valence-electron chi connectivity index (χ1n) is 11.4. The van der Waals surface area contributed by atoms with E-state index < -0.39 is 23.2 Å². The first-order valence-corrected chi connectivity index (χ1v) is 11.4. The van der Waals surface area contributed by atoms with E-state index in [2.05, 4.69) is 24.9 Å². The molecule has 0 saturated heterocycles. The highest BCUT2D eigenvalue weighted by Gasteiger charge is 2.70. The summed E-state index contributed by atoms with van der Waals surface area (Å²) >= 11 is 0. The van der Waals surface area contributed by atoms with Crippen LogP contribution in [0.3, 0.4) is 0 Å². The van der Waals surface area contributed by atoms with Crippen molar-refractivity contribution in [2.45, 2.75) is 87.6 Å². The van der Waals surface area contributed by atoms with Crippen LogP contribution in [0.25, 0.3) is 0 Å². The molecule has 1 aromatic carbocycles. The summed E-state index contributed by atoms with van der Waals surface area (Å²) < 4.78 is 12.1. The Hall–Kier alpha value is -1.30. The molecule has 0 spiro atoms. The Morgan fingerprint density at radius 3 is 2.72 bits per heavy atom. The Morgan fingerprint density at radius 1 is 1.28 bits per heavy atom. The van der Waals surface area contributed by atoms with Crippen LogP contribution in [0, 0.1) is 5.92 Å². The Labute approximate surface area is 174 Å². The molecule has 5 atom stereocenters. The van der Waals surface area contributed by atoms with E-state index in [-0.39, 0.29) is 6.04 Å². The molecule has 2 saturated carbocycles. The molecule has 5 nitrogen and oxygen atoms in total. The molecule has 2 fully saturated rings. The lowest BCUT2D eigenvalue weighted by Crippen LogP contribution is -2.73. The molecular formula is C24H35NO4. The number of hydrogen-bond acceptors (Lipinski definition) is 5. The Balaban J connectivity index is 1.67. The van der Waals surface area contributed by atoms with Gasteiger partial charge in [0.05, 0.1) is 24.2 Å². The van der Waals surface area contributed by atoms with Gasteiger partial charge in [-0.3, -0.25) is 4.90 Å². The summed E-state index contributed by atoms with van der Waals surface area (Å²) in [6.07, 6.45) is 6.72. The van der Waals surface area contributed by atoms with Crippen molar-refractivity contribution in [3.8, 4) is 11.5 Å². The van der Waals surface area contributed by atoms with Gasteiger partial charge in [0.25, 0.3) is 0 Å². The van der Waals surface area contributed by atoms with Gasteiger partial charge in [-0.1, -0.05) is 25.8 Å². The van der Waals surface area contributed by atoms with E-state index in [1.165, 1.54) is 24.8 Å². The zero-order valence-electron chi connectivity index (χ0n) is 18.0. The Morgan fingerprint density at radius 2 is 2.07 bits per heavy atom. The van der Waals surface area contributed by atoms with Gasteiger partial charge in [0, 0.05) is 18.2 Å². The molecule has 1 aromatic rings. The van der Waals surface area contributed by atoms with E-state index in [9.17, 15) is 10.2 Å². The first-order chi connectivity index (χ1) is 14.0. The lowest BCUT2D eigenvalue weighted by molar-refractivity contribution is -0.185. The predicted molar refractivity (Wildman–Crippen MR) is 112 cm³/mol. The summed E-state index contributed by atoms with van der Waals surface area (Å²) in [5.41, 5.74) is 0.880. The van der Waals surface area contributed by atoms with Gasteiger partial charge >= 0.3 is 0 Å². The van der Waals surface area contributed by atoms with Gasteiger partial charge in [-0.05, 0) is 63.1 Å². The van der Waals surface area contributed by atoms with Crippen molar-refractivity contribution in [1.82, 2.24) is 4.90 Å². The second-order valence-electron chi connectivity index (χ2n) is 9.88. The minimum atomic E-state index is -0.907. The molecule has 3 aliphatic carbocycles. The monoisotopic (exact) mass is 401 g/mol. The van der Waals surface area contributed by atoms with E-state index in [1.54, 1.807) is 7.11 Å². The van der Waals surface area contributed by atoms with Crippen LogP contribution in [0.15, 0.2) is 12.1 Å². The molecule has 5 heteroatoms. The van der Waals surface area contributed by atoms with Crippen molar-refractivity contribution >= 4 is 0 Å². The summed E-state index contributed by atoms with van der Waals surface area (Å²) in [5.74, 6) is 2.22. The van der Waals surface area contributed by atoms with Crippen molar-refractivity contribution in [2.24, 2.45) is 5.92 Å². The fourth-order valence-corrected chi connectivity index (χ4v) is 6.97. The summed E-state index contributed by atoms with van der Waals surface area (Å²) in [5, 5.41) is 23.4. The van der Waals surface area contributed by atoms with E-state index in [4.69, 9.17) is 9.47 Å². The van der Waals surface area contributed by atoms with Crippen molar-refractivity contribution in [1.29, 1.82) is 0 Å². The van der Waals surface area contributed by atoms with Crippen molar-refractivity contribution in [3.05, 3.63) is 23.3 Å². The second-order valence-corrected chi connectivity index (χ2v) is 9.88. The van der Waals surface area contributed by atoms with Crippen molar-refractivity contribution < 1.29 is 19.7 Å². The van der Waals surface area contributed by atoms with E-state index >= 15 is 0 Å². The molecule has 0 aromatic heterocycles. The standard InChI is InChI=1S/C24H35NO4/c1-4-11-23-20-16-8-9-18(28-3)21(20)29-22(23)17(26)10-12-24(23,27)19(13-16)25(2)14-15-6-5-7-15/h8-9,15,17,19,22,26-27H,4-7,10-14H2,1-3H3/t17-,19?,22?,23-,24?/m1/s1. The number of nitrogens with zero attached hydrogens (tertiary/aromatic N) is 1. The summed E-state index contributed by atoms with van der Waals surface area (Å²) in [7, 11) is 3.85. The molecular weight excluding hydrogens is 366 g/mol. The van der Waals surface area contributed by atoms with Crippen LogP contribution in [-0.2, 0) is 11.8 Å². The fourth-order valence-electron chi connectivity index (χ4n) is 6.97. The van der Waals surface area contributed by atoms with Crippen LogP contribution >= 0.6 is 0 Å². The van der Waals surface area contributed by atoms with Gasteiger partial charge in [-0.2, -0.15) is 0 Å². The number of aliphatic hydroxyl groups is 2. The smallest absolute Gasteiger partial charge is 0.166 e. The van der Waals surface area contributed by atoms with Crippen LogP contribution in [0.2, 0.25) is 0 Å².